The molecule has 1 aromatic rings. The number of nitrogens with two attached hydrogens (primary N) is 1. The summed E-state index contributed by atoms with van der Waals surface area (Å²) in [7, 11) is 0. The minimum Gasteiger partial charge on any atom is -0.329 e. The number of rotatable bonds is 5. The van der Waals surface area contributed by atoms with Crippen molar-refractivity contribution in [2.75, 3.05) is 26.2 Å². The lowest BCUT2D eigenvalue weighted by atomic mass is 9.81. The van der Waals surface area contributed by atoms with E-state index in [1.54, 1.807) is 0 Å². The summed E-state index contributed by atoms with van der Waals surface area (Å²) in [6.45, 7) is 7.60. The van der Waals surface area contributed by atoms with Crippen molar-refractivity contribution >= 4 is 0 Å². The number of hydrogen-bond acceptors (Lipinski definition) is 4. The van der Waals surface area contributed by atoms with Gasteiger partial charge < -0.3 is 10.6 Å². The number of likely N-dealkylation sites (N-methyl/N-ethyl adjacent to an activating group) is 1. The van der Waals surface area contributed by atoms with Gasteiger partial charge in [-0.25, -0.2) is 0 Å². The fourth-order valence-electron chi connectivity index (χ4n) is 4.24. The smallest absolute Gasteiger partial charge is 0.0362 e. The van der Waals surface area contributed by atoms with Crippen molar-refractivity contribution in [1.29, 1.82) is 0 Å². The van der Waals surface area contributed by atoms with E-state index in [9.17, 15) is 0 Å². The summed E-state index contributed by atoms with van der Waals surface area (Å²) in [5, 5.41) is 0. The van der Waals surface area contributed by atoms with Gasteiger partial charge in [-0.1, -0.05) is 6.92 Å². The molecule has 0 aliphatic carbocycles. The van der Waals surface area contributed by atoms with Crippen LogP contribution in [-0.2, 0) is 6.54 Å². The molecule has 0 amide bonds. The molecule has 3 rings (SSSR count). The molecule has 0 radical (unpaired) electrons. The first-order valence-electron chi connectivity index (χ1n) is 8.35. The highest BCUT2D eigenvalue weighted by Crippen LogP contribution is 2.37. The molecule has 2 saturated heterocycles. The molecule has 0 aromatic carbocycles. The zero-order valence-electron chi connectivity index (χ0n) is 13.2. The Morgan fingerprint density at radius 3 is 2.90 bits per heavy atom. The van der Waals surface area contributed by atoms with Crippen LogP contribution in [0.2, 0.25) is 0 Å². The number of pyridine rings is 1. The second-order valence-electron chi connectivity index (χ2n) is 6.58. The van der Waals surface area contributed by atoms with Gasteiger partial charge in [0.15, 0.2) is 0 Å². The maximum absolute atomic E-state index is 6.28. The molecule has 0 spiro atoms. The van der Waals surface area contributed by atoms with Gasteiger partial charge in [0.2, 0.25) is 0 Å². The van der Waals surface area contributed by atoms with E-state index in [1.165, 1.54) is 44.3 Å². The minimum atomic E-state index is 0.184. The average molecular weight is 288 g/mol. The lowest BCUT2D eigenvalue weighted by Gasteiger charge is -2.50. The zero-order valence-corrected chi connectivity index (χ0v) is 13.2. The molecule has 4 nitrogen and oxygen atoms in total. The second-order valence-corrected chi connectivity index (χ2v) is 6.58. The Balaban J connectivity index is 1.76. The standard InChI is InChI=1S/C17H28N4/c1-2-21(13-15-5-8-19-9-6-15)17(14-18)7-11-20-10-3-4-16(20)12-17/h5-6,8-9,16H,2-4,7,10-14,18H2,1H3. The molecule has 3 heterocycles. The molecule has 0 saturated carbocycles. The maximum atomic E-state index is 6.28. The molecular weight excluding hydrogens is 260 g/mol. The normalized spacial score (nSPS) is 29.8. The van der Waals surface area contributed by atoms with Crippen LogP contribution in [-0.4, -0.2) is 52.5 Å². The van der Waals surface area contributed by atoms with E-state index in [2.05, 4.69) is 33.8 Å². The van der Waals surface area contributed by atoms with E-state index in [4.69, 9.17) is 5.73 Å². The largest absolute Gasteiger partial charge is 0.329 e. The Hall–Kier alpha value is -0.970. The summed E-state index contributed by atoms with van der Waals surface area (Å²) in [5.41, 5.74) is 7.80. The third kappa shape index (κ3) is 2.98. The van der Waals surface area contributed by atoms with Crippen molar-refractivity contribution < 1.29 is 0 Å². The van der Waals surface area contributed by atoms with Crippen LogP contribution in [0.25, 0.3) is 0 Å². The van der Waals surface area contributed by atoms with Gasteiger partial charge in [0.25, 0.3) is 0 Å². The van der Waals surface area contributed by atoms with Crippen molar-refractivity contribution in [2.24, 2.45) is 5.73 Å². The van der Waals surface area contributed by atoms with E-state index in [1.807, 2.05) is 12.4 Å². The van der Waals surface area contributed by atoms with Crippen LogP contribution in [0, 0.1) is 0 Å². The SMILES string of the molecule is CCN(Cc1ccncc1)C1(CN)CCN2CCCC2C1. The minimum absolute atomic E-state index is 0.184. The van der Waals surface area contributed by atoms with E-state index in [0.29, 0.717) is 0 Å². The van der Waals surface area contributed by atoms with Crippen LogP contribution in [0.3, 0.4) is 0 Å². The topological polar surface area (TPSA) is 45.4 Å². The average Bonchev–Trinajstić information content (AvgIpc) is 3.00. The molecule has 2 aliphatic rings. The van der Waals surface area contributed by atoms with E-state index in [0.717, 1.165) is 25.7 Å². The van der Waals surface area contributed by atoms with E-state index < -0.39 is 0 Å². The number of hydrogen-bond donors (Lipinski definition) is 1. The van der Waals surface area contributed by atoms with Gasteiger partial charge in [-0.15, -0.1) is 0 Å². The monoisotopic (exact) mass is 288 g/mol. The van der Waals surface area contributed by atoms with Crippen LogP contribution in [0.5, 0.6) is 0 Å². The number of aromatic nitrogens is 1. The van der Waals surface area contributed by atoms with Gasteiger partial charge in [-0.2, -0.15) is 0 Å². The Morgan fingerprint density at radius 2 is 2.19 bits per heavy atom. The van der Waals surface area contributed by atoms with Crippen LogP contribution >= 0.6 is 0 Å². The quantitative estimate of drug-likeness (QED) is 0.898. The Labute approximate surface area is 128 Å². The second kappa shape index (κ2) is 6.42. The molecule has 1 aromatic heterocycles. The Bertz CT molecular complexity index is 449. The third-order valence-corrected chi connectivity index (χ3v) is 5.53. The van der Waals surface area contributed by atoms with Crippen molar-refractivity contribution in [3.8, 4) is 0 Å². The van der Waals surface area contributed by atoms with Crippen molar-refractivity contribution in [1.82, 2.24) is 14.8 Å². The summed E-state index contributed by atoms with van der Waals surface area (Å²) in [6, 6.07) is 5.00. The lowest BCUT2D eigenvalue weighted by Crippen LogP contribution is -2.60. The molecule has 4 heteroatoms. The molecule has 2 unspecified atom stereocenters. The van der Waals surface area contributed by atoms with Gasteiger partial charge in [0.05, 0.1) is 0 Å². The number of nitrogens with zero attached hydrogens (tertiary/aromatic N) is 3. The maximum Gasteiger partial charge on any atom is 0.0362 e. The first-order chi connectivity index (χ1) is 10.3. The predicted octanol–water partition coefficient (Wildman–Crippen LogP) is 1.86. The lowest BCUT2D eigenvalue weighted by molar-refractivity contribution is 0.00806. The van der Waals surface area contributed by atoms with Crippen LogP contribution < -0.4 is 5.73 Å². The molecule has 2 fully saturated rings. The molecule has 21 heavy (non-hydrogen) atoms. The molecule has 116 valence electrons. The Kier molecular flexibility index (Phi) is 4.57. The molecule has 2 atom stereocenters. The van der Waals surface area contributed by atoms with Gasteiger partial charge >= 0.3 is 0 Å². The molecule has 2 aliphatic heterocycles. The highest BCUT2D eigenvalue weighted by Gasteiger charge is 2.43. The van der Waals surface area contributed by atoms with Crippen LogP contribution in [0.4, 0.5) is 0 Å². The predicted molar refractivity (Wildman–Crippen MR) is 85.9 cm³/mol. The summed E-state index contributed by atoms with van der Waals surface area (Å²) in [6.07, 6.45) is 8.94. The summed E-state index contributed by atoms with van der Waals surface area (Å²) in [4.78, 5) is 9.41. The highest BCUT2D eigenvalue weighted by atomic mass is 15.3. The molecular formula is C17H28N4. The first-order valence-corrected chi connectivity index (χ1v) is 8.35. The summed E-state index contributed by atoms with van der Waals surface area (Å²) >= 11 is 0. The van der Waals surface area contributed by atoms with Gasteiger partial charge in [-0.3, -0.25) is 9.88 Å². The van der Waals surface area contributed by atoms with Crippen molar-refractivity contribution in [3.63, 3.8) is 0 Å². The first kappa shape index (κ1) is 14.9. The summed E-state index contributed by atoms with van der Waals surface area (Å²) < 4.78 is 0. The van der Waals surface area contributed by atoms with Gasteiger partial charge in [0, 0.05) is 43.6 Å². The highest BCUT2D eigenvalue weighted by molar-refractivity contribution is 5.11. The van der Waals surface area contributed by atoms with Crippen molar-refractivity contribution in [3.05, 3.63) is 30.1 Å². The van der Waals surface area contributed by atoms with Crippen LogP contribution in [0.1, 0.15) is 38.2 Å². The molecule has 2 N–H and O–H groups in total. The number of fused-ring (bicyclic) bond motifs is 1. The fourth-order valence-corrected chi connectivity index (χ4v) is 4.24. The fraction of sp³-hybridized carbons (Fsp3) is 0.706. The summed E-state index contributed by atoms with van der Waals surface area (Å²) in [5.74, 6) is 0. The van der Waals surface area contributed by atoms with E-state index in [-0.39, 0.29) is 5.54 Å². The van der Waals surface area contributed by atoms with E-state index >= 15 is 0 Å². The van der Waals surface area contributed by atoms with Crippen LogP contribution in [0.15, 0.2) is 24.5 Å². The molecule has 0 bridgehead atoms. The zero-order chi connectivity index (χ0) is 14.7. The number of piperidine rings is 1. The Morgan fingerprint density at radius 1 is 1.38 bits per heavy atom. The van der Waals surface area contributed by atoms with Crippen molar-refractivity contribution in [2.45, 2.75) is 50.7 Å². The third-order valence-electron chi connectivity index (χ3n) is 5.53. The van der Waals surface area contributed by atoms with Gasteiger partial charge in [-0.05, 0) is 56.5 Å². The van der Waals surface area contributed by atoms with Gasteiger partial charge in [0.1, 0.15) is 0 Å².